The van der Waals surface area contributed by atoms with Gasteiger partial charge in [-0.15, -0.1) is 0 Å². The fourth-order valence-electron chi connectivity index (χ4n) is 2.04. The van der Waals surface area contributed by atoms with Crippen molar-refractivity contribution in [3.8, 4) is 0 Å². The summed E-state index contributed by atoms with van der Waals surface area (Å²) in [5.74, 6) is 1.42. The number of carbonyl (C=O) groups excluding carboxylic acids is 1. The largest absolute Gasteiger partial charge is 0.359 e. The van der Waals surface area contributed by atoms with Crippen LogP contribution in [0.4, 0.5) is 0 Å². The quantitative estimate of drug-likeness (QED) is 0.672. The van der Waals surface area contributed by atoms with Gasteiger partial charge in [0.25, 0.3) is 0 Å². The molecule has 70 valence electrons. The molecule has 1 saturated carbocycles. The molecule has 0 bridgehead atoms. The van der Waals surface area contributed by atoms with Gasteiger partial charge in [-0.3, -0.25) is 4.79 Å². The second kappa shape index (κ2) is 4.48. The second-order valence-corrected chi connectivity index (χ2v) is 3.74. The van der Waals surface area contributed by atoms with Gasteiger partial charge < -0.3 is 5.32 Å². The highest BCUT2D eigenvalue weighted by Crippen LogP contribution is 2.30. The van der Waals surface area contributed by atoms with E-state index in [4.69, 9.17) is 0 Å². The van der Waals surface area contributed by atoms with E-state index in [0.717, 1.165) is 18.8 Å². The molecular weight excluding hydrogens is 150 g/mol. The Morgan fingerprint density at radius 1 is 1.33 bits per heavy atom. The molecule has 0 saturated heterocycles. The van der Waals surface area contributed by atoms with E-state index in [9.17, 15) is 4.79 Å². The molecule has 0 aliphatic heterocycles. The van der Waals surface area contributed by atoms with Crippen molar-refractivity contribution < 1.29 is 4.79 Å². The maximum Gasteiger partial charge on any atom is 0.222 e. The van der Waals surface area contributed by atoms with Crippen LogP contribution in [0.25, 0.3) is 0 Å². The lowest BCUT2D eigenvalue weighted by atomic mass is 9.80. The zero-order chi connectivity index (χ0) is 8.97. The van der Waals surface area contributed by atoms with Crippen molar-refractivity contribution in [2.45, 2.75) is 39.0 Å². The van der Waals surface area contributed by atoms with Gasteiger partial charge in [0.2, 0.25) is 5.91 Å². The van der Waals surface area contributed by atoms with Gasteiger partial charge in [0, 0.05) is 13.0 Å². The van der Waals surface area contributed by atoms with Crippen LogP contribution in [-0.4, -0.2) is 13.0 Å². The van der Waals surface area contributed by atoms with E-state index in [-0.39, 0.29) is 5.91 Å². The first-order valence-electron chi connectivity index (χ1n) is 4.99. The summed E-state index contributed by atoms with van der Waals surface area (Å²) in [6, 6.07) is 0. The SMILES string of the molecule is CC[C@H]1CC[C@@H](C(=O)NC)CC1. The lowest BCUT2D eigenvalue weighted by Crippen LogP contribution is -2.30. The molecule has 0 atom stereocenters. The van der Waals surface area contributed by atoms with Gasteiger partial charge >= 0.3 is 0 Å². The summed E-state index contributed by atoms with van der Waals surface area (Å²) in [5.41, 5.74) is 0. The van der Waals surface area contributed by atoms with Gasteiger partial charge in [0.1, 0.15) is 0 Å². The van der Waals surface area contributed by atoms with E-state index in [1.807, 2.05) is 0 Å². The molecule has 1 N–H and O–H groups in total. The molecule has 0 unspecified atom stereocenters. The number of carbonyl (C=O) groups is 1. The van der Waals surface area contributed by atoms with Crippen LogP contribution in [0.2, 0.25) is 0 Å². The molecule has 1 rings (SSSR count). The predicted octanol–water partition coefficient (Wildman–Crippen LogP) is 1.95. The first kappa shape index (κ1) is 9.56. The van der Waals surface area contributed by atoms with Crippen molar-refractivity contribution in [3.05, 3.63) is 0 Å². The Kier molecular flexibility index (Phi) is 3.57. The topological polar surface area (TPSA) is 29.1 Å². The predicted molar refractivity (Wildman–Crippen MR) is 49.8 cm³/mol. The molecule has 0 aromatic rings. The van der Waals surface area contributed by atoms with Gasteiger partial charge in [-0.25, -0.2) is 0 Å². The molecule has 0 heterocycles. The Bertz CT molecular complexity index is 148. The molecular formula is C10H19NO. The van der Waals surface area contributed by atoms with Crippen LogP contribution < -0.4 is 5.32 Å². The van der Waals surface area contributed by atoms with Gasteiger partial charge in [0.15, 0.2) is 0 Å². The molecule has 2 heteroatoms. The van der Waals surface area contributed by atoms with E-state index < -0.39 is 0 Å². The molecule has 1 fully saturated rings. The summed E-state index contributed by atoms with van der Waals surface area (Å²) >= 11 is 0. The van der Waals surface area contributed by atoms with Crippen LogP contribution in [0.3, 0.4) is 0 Å². The summed E-state index contributed by atoms with van der Waals surface area (Å²) < 4.78 is 0. The standard InChI is InChI=1S/C10H19NO/c1-3-8-4-6-9(7-5-8)10(12)11-2/h8-9H,3-7H2,1-2H3,(H,11,12)/t8-,9+. The zero-order valence-electron chi connectivity index (χ0n) is 8.10. The Morgan fingerprint density at radius 3 is 2.33 bits per heavy atom. The van der Waals surface area contributed by atoms with Gasteiger partial charge in [-0.2, -0.15) is 0 Å². The molecule has 2 nitrogen and oxygen atoms in total. The van der Waals surface area contributed by atoms with Crippen molar-refractivity contribution in [3.63, 3.8) is 0 Å². The van der Waals surface area contributed by atoms with Gasteiger partial charge in [-0.1, -0.05) is 13.3 Å². The van der Waals surface area contributed by atoms with Crippen LogP contribution in [0.1, 0.15) is 39.0 Å². The first-order valence-corrected chi connectivity index (χ1v) is 4.99. The third-order valence-corrected chi connectivity index (χ3v) is 3.04. The fourth-order valence-corrected chi connectivity index (χ4v) is 2.04. The van der Waals surface area contributed by atoms with Crippen molar-refractivity contribution in [2.24, 2.45) is 11.8 Å². The average molecular weight is 169 g/mol. The smallest absolute Gasteiger partial charge is 0.222 e. The van der Waals surface area contributed by atoms with Crippen molar-refractivity contribution in [2.75, 3.05) is 7.05 Å². The van der Waals surface area contributed by atoms with Crippen LogP contribution in [0.15, 0.2) is 0 Å². The number of hydrogen-bond donors (Lipinski definition) is 1. The molecule has 1 aliphatic rings. The van der Waals surface area contributed by atoms with Crippen LogP contribution in [0.5, 0.6) is 0 Å². The van der Waals surface area contributed by atoms with E-state index in [1.165, 1.54) is 19.3 Å². The highest BCUT2D eigenvalue weighted by molar-refractivity contribution is 5.78. The lowest BCUT2D eigenvalue weighted by molar-refractivity contribution is -0.125. The summed E-state index contributed by atoms with van der Waals surface area (Å²) in [6.45, 7) is 2.24. The first-order chi connectivity index (χ1) is 5.77. The van der Waals surface area contributed by atoms with Crippen molar-refractivity contribution >= 4 is 5.91 Å². The Hall–Kier alpha value is -0.530. The van der Waals surface area contributed by atoms with E-state index in [2.05, 4.69) is 12.2 Å². The normalized spacial score (nSPS) is 29.8. The van der Waals surface area contributed by atoms with Crippen LogP contribution in [-0.2, 0) is 4.79 Å². The molecule has 1 amide bonds. The number of hydrogen-bond acceptors (Lipinski definition) is 1. The number of nitrogens with one attached hydrogen (secondary N) is 1. The fraction of sp³-hybridized carbons (Fsp3) is 0.900. The number of rotatable bonds is 2. The van der Waals surface area contributed by atoms with Gasteiger partial charge in [-0.05, 0) is 31.6 Å². The summed E-state index contributed by atoms with van der Waals surface area (Å²) in [4.78, 5) is 11.3. The minimum atomic E-state index is 0.240. The van der Waals surface area contributed by atoms with Crippen molar-refractivity contribution in [1.82, 2.24) is 5.32 Å². The van der Waals surface area contributed by atoms with Crippen LogP contribution in [0, 0.1) is 11.8 Å². The van der Waals surface area contributed by atoms with Crippen LogP contribution >= 0.6 is 0 Å². The highest BCUT2D eigenvalue weighted by atomic mass is 16.1. The van der Waals surface area contributed by atoms with E-state index in [1.54, 1.807) is 7.05 Å². The molecule has 12 heavy (non-hydrogen) atoms. The minimum Gasteiger partial charge on any atom is -0.359 e. The Balaban J connectivity index is 2.30. The van der Waals surface area contributed by atoms with Gasteiger partial charge in [0.05, 0.1) is 0 Å². The molecule has 0 radical (unpaired) electrons. The summed E-state index contributed by atoms with van der Waals surface area (Å²) in [5, 5.41) is 2.73. The highest BCUT2D eigenvalue weighted by Gasteiger charge is 2.24. The third-order valence-electron chi connectivity index (χ3n) is 3.04. The Morgan fingerprint density at radius 2 is 1.92 bits per heavy atom. The maximum absolute atomic E-state index is 11.3. The average Bonchev–Trinajstić information content (AvgIpc) is 2.17. The van der Waals surface area contributed by atoms with E-state index >= 15 is 0 Å². The second-order valence-electron chi connectivity index (χ2n) is 3.74. The lowest BCUT2D eigenvalue weighted by Gasteiger charge is -2.26. The molecule has 0 aromatic carbocycles. The molecule has 1 aliphatic carbocycles. The summed E-state index contributed by atoms with van der Waals surface area (Å²) in [7, 11) is 1.73. The van der Waals surface area contributed by atoms with Crippen molar-refractivity contribution in [1.29, 1.82) is 0 Å². The monoisotopic (exact) mass is 169 g/mol. The number of amides is 1. The molecule has 0 spiro atoms. The van der Waals surface area contributed by atoms with E-state index in [0.29, 0.717) is 5.92 Å². The third kappa shape index (κ3) is 2.23. The molecule has 0 aromatic heterocycles. The maximum atomic E-state index is 11.3. The zero-order valence-corrected chi connectivity index (χ0v) is 8.10. The Labute approximate surface area is 74.7 Å². The minimum absolute atomic E-state index is 0.240. The summed E-state index contributed by atoms with van der Waals surface area (Å²) in [6.07, 6.45) is 5.96.